The van der Waals surface area contributed by atoms with E-state index in [1.807, 2.05) is 11.6 Å². The van der Waals surface area contributed by atoms with Gasteiger partial charge in [0.05, 0.1) is 11.6 Å². The summed E-state index contributed by atoms with van der Waals surface area (Å²) in [6, 6.07) is 6.49. The number of aryl methyl sites for hydroxylation is 4. The van der Waals surface area contributed by atoms with Crippen molar-refractivity contribution in [2.45, 2.75) is 40.1 Å². The molecule has 0 unspecified atom stereocenters. The molecule has 0 aliphatic rings. The first-order chi connectivity index (χ1) is 10.0. The summed E-state index contributed by atoms with van der Waals surface area (Å²) in [4.78, 5) is 4.68. The zero-order valence-corrected chi connectivity index (χ0v) is 13.6. The molecule has 0 aliphatic heterocycles. The Balaban J connectivity index is 2.38. The first-order valence-electron chi connectivity index (χ1n) is 7.14. The van der Waals surface area contributed by atoms with Crippen molar-refractivity contribution in [3.63, 3.8) is 0 Å². The van der Waals surface area contributed by atoms with E-state index in [9.17, 15) is 0 Å². The molecule has 4 nitrogen and oxygen atoms in total. The van der Waals surface area contributed by atoms with Gasteiger partial charge in [-0.2, -0.15) is 5.10 Å². The number of hydrogen-bond donors (Lipinski definition) is 0. The van der Waals surface area contributed by atoms with Crippen LogP contribution in [0.25, 0.3) is 16.9 Å². The average Bonchev–Trinajstić information content (AvgIpc) is 2.95. The maximum absolute atomic E-state index is 6.12. The Kier molecular flexibility index (Phi) is 3.49. The van der Waals surface area contributed by atoms with Gasteiger partial charge in [0.25, 0.3) is 0 Å². The standard InChI is InChI=1S/C16H19ClN4/c1-5-20-16-15(12(4)19-20)18-14(9-17)21(16)13-7-10(2)6-11(3)8-13/h6-8H,5,9H2,1-4H3. The van der Waals surface area contributed by atoms with Gasteiger partial charge in [0, 0.05) is 12.2 Å². The minimum Gasteiger partial charge on any atom is -0.280 e. The number of hydrogen-bond acceptors (Lipinski definition) is 2. The number of aromatic nitrogens is 4. The summed E-state index contributed by atoms with van der Waals surface area (Å²) in [6.07, 6.45) is 0. The van der Waals surface area contributed by atoms with Crippen LogP contribution >= 0.6 is 11.6 Å². The number of rotatable bonds is 3. The summed E-state index contributed by atoms with van der Waals surface area (Å²) in [6.45, 7) is 9.10. The van der Waals surface area contributed by atoms with Gasteiger partial charge in [-0.3, -0.25) is 4.57 Å². The van der Waals surface area contributed by atoms with Crippen molar-refractivity contribution in [3.8, 4) is 5.69 Å². The van der Waals surface area contributed by atoms with Gasteiger partial charge in [0.15, 0.2) is 5.65 Å². The smallest absolute Gasteiger partial charge is 0.163 e. The van der Waals surface area contributed by atoms with Gasteiger partial charge in [-0.05, 0) is 51.0 Å². The van der Waals surface area contributed by atoms with Crippen molar-refractivity contribution in [1.29, 1.82) is 0 Å². The molecular formula is C16H19ClN4. The number of fused-ring (bicyclic) bond motifs is 1. The van der Waals surface area contributed by atoms with Gasteiger partial charge < -0.3 is 0 Å². The molecule has 2 aromatic heterocycles. The third kappa shape index (κ3) is 2.23. The summed E-state index contributed by atoms with van der Waals surface area (Å²) in [5.74, 6) is 1.24. The van der Waals surface area contributed by atoms with Crippen molar-refractivity contribution < 1.29 is 0 Å². The van der Waals surface area contributed by atoms with Crippen LogP contribution < -0.4 is 0 Å². The highest BCUT2D eigenvalue weighted by molar-refractivity contribution is 6.17. The molecule has 2 heterocycles. The molecule has 0 saturated carbocycles. The molecule has 1 aromatic carbocycles. The number of halogens is 1. The van der Waals surface area contributed by atoms with E-state index in [-0.39, 0.29) is 0 Å². The lowest BCUT2D eigenvalue weighted by molar-refractivity contribution is 0.660. The van der Waals surface area contributed by atoms with Crippen LogP contribution in [0.1, 0.15) is 29.6 Å². The Labute approximate surface area is 129 Å². The van der Waals surface area contributed by atoms with Crippen molar-refractivity contribution in [1.82, 2.24) is 19.3 Å². The molecule has 0 atom stereocenters. The van der Waals surface area contributed by atoms with Crippen molar-refractivity contribution in [3.05, 3.63) is 40.8 Å². The maximum Gasteiger partial charge on any atom is 0.163 e. The molecule has 0 bridgehead atoms. The predicted molar refractivity (Wildman–Crippen MR) is 86.3 cm³/mol. The molecule has 0 amide bonds. The Hall–Kier alpha value is -1.81. The van der Waals surface area contributed by atoms with E-state index >= 15 is 0 Å². The first-order valence-corrected chi connectivity index (χ1v) is 7.68. The number of benzene rings is 1. The third-order valence-electron chi connectivity index (χ3n) is 3.66. The molecule has 0 aliphatic carbocycles. The lowest BCUT2D eigenvalue weighted by Crippen LogP contribution is -2.06. The van der Waals surface area contributed by atoms with E-state index in [2.05, 4.69) is 53.6 Å². The molecular weight excluding hydrogens is 284 g/mol. The molecule has 21 heavy (non-hydrogen) atoms. The summed E-state index contributed by atoms with van der Waals surface area (Å²) >= 11 is 6.12. The van der Waals surface area contributed by atoms with E-state index < -0.39 is 0 Å². The Morgan fingerprint density at radius 3 is 2.33 bits per heavy atom. The molecule has 0 N–H and O–H groups in total. The van der Waals surface area contributed by atoms with Crippen LogP contribution in [0.3, 0.4) is 0 Å². The SMILES string of the molecule is CCn1nc(C)c2nc(CCl)n(-c3cc(C)cc(C)c3)c21. The molecule has 0 spiro atoms. The number of alkyl halides is 1. The zero-order valence-electron chi connectivity index (χ0n) is 12.8. The molecule has 0 fully saturated rings. The van der Waals surface area contributed by atoms with Crippen LogP contribution in [0, 0.1) is 20.8 Å². The van der Waals surface area contributed by atoms with Crippen LogP contribution in [-0.2, 0) is 12.4 Å². The average molecular weight is 303 g/mol. The third-order valence-corrected chi connectivity index (χ3v) is 3.90. The summed E-state index contributed by atoms with van der Waals surface area (Å²) in [7, 11) is 0. The quantitative estimate of drug-likeness (QED) is 0.688. The van der Waals surface area contributed by atoms with Crippen LogP contribution in [0.15, 0.2) is 18.2 Å². The van der Waals surface area contributed by atoms with Crippen molar-refractivity contribution in [2.24, 2.45) is 0 Å². The first kappa shape index (κ1) is 14.1. The van der Waals surface area contributed by atoms with Gasteiger partial charge >= 0.3 is 0 Å². The Morgan fingerprint density at radius 2 is 1.76 bits per heavy atom. The van der Waals surface area contributed by atoms with Gasteiger partial charge in [-0.15, -0.1) is 11.6 Å². The topological polar surface area (TPSA) is 35.6 Å². The highest BCUT2D eigenvalue weighted by atomic mass is 35.5. The van der Waals surface area contributed by atoms with Crippen molar-refractivity contribution in [2.75, 3.05) is 0 Å². The largest absolute Gasteiger partial charge is 0.280 e. The van der Waals surface area contributed by atoms with Crippen molar-refractivity contribution >= 4 is 22.8 Å². The molecule has 5 heteroatoms. The highest BCUT2D eigenvalue weighted by Crippen LogP contribution is 2.26. The van der Waals surface area contributed by atoms with Gasteiger partial charge in [-0.25, -0.2) is 9.67 Å². The lowest BCUT2D eigenvalue weighted by atomic mass is 10.1. The van der Waals surface area contributed by atoms with Crippen LogP contribution in [0.4, 0.5) is 0 Å². The number of imidazole rings is 1. The Bertz CT molecular complexity index is 793. The lowest BCUT2D eigenvalue weighted by Gasteiger charge is -2.11. The summed E-state index contributed by atoms with van der Waals surface area (Å²) < 4.78 is 4.12. The second-order valence-electron chi connectivity index (χ2n) is 5.42. The number of nitrogens with zero attached hydrogens (tertiary/aromatic N) is 4. The Morgan fingerprint density at radius 1 is 1.10 bits per heavy atom. The normalized spacial score (nSPS) is 11.5. The summed E-state index contributed by atoms with van der Waals surface area (Å²) in [5.41, 5.74) is 6.46. The summed E-state index contributed by atoms with van der Waals surface area (Å²) in [5, 5.41) is 4.56. The fourth-order valence-corrected chi connectivity index (χ4v) is 3.05. The molecule has 3 aromatic rings. The minimum absolute atomic E-state index is 0.380. The van der Waals surface area contributed by atoms with E-state index in [1.54, 1.807) is 0 Å². The van der Waals surface area contributed by atoms with Gasteiger partial charge in [-0.1, -0.05) is 6.07 Å². The van der Waals surface area contributed by atoms with E-state index in [0.29, 0.717) is 5.88 Å². The van der Waals surface area contributed by atoms with Crippen LogP contribution in [0.5, 0.6) is 0 Å². The minimum atomic E-state index is 0.380. The van der Waals surface area contributed by atoms with Crippen LogP contribution in [0.2, 0.25) is 0 Å². The van der Waals surface area contributed by atoms with Crippen LogP contribution in [-0.4, -0.2) is 19.3 Å². The fourth-order valence-electron chi connectivity index (χ4n) is 2.87. The monoisotopic (exact) mass is 302 g/mol. The van der Waals surface area contributed by atoms with E-state index in [4.69, 9.17) is 11.6 Å². The van der Waals surface area contributed by atoms with E-state index in [0.717, 1.165) is 34.9 Å². The molecule has 0 radical (unpaired) electrons. The molecule has 0 saturated heterocycles. The molecule has 110 valence electrons. The van der Waals surface area contributed by atoms with E-state index in [1.165, 1.54) is 11.1 Å². The molecule has 3 rings (SSSR count). The zero-order chi connectivity index (χ0) is 15.1. The second-order valence-corrected chi connectivity index (χ2v) is 5.68. The second kappa shape index (κ2) is 5.19. The van der Waals surface area contributed by atoms with Gasteiger partial charge in [0.2, 0.25) is 0 Å². The fraction of sp³-hybridized carbons (Fsp3) is 0.375. The van der Waals surface area contributed by atoms with Gasteiger partial charge in [0.1, 0.15) is 11.3 Å². The highest BCUT2D eigenvalue weighted by Gasteiger charge is 2.19. The maximum atomic E-state index is 6.12. The predicted octanol–water partition coefficient (Wildman–Crippen LogP) is 3.91.